The average Bonchev–Trinajstić information content (AvgIpc) is 2.31. The van der Waals surface area contributed by atoms with Crippen LogP contribution in [-0.2, 0) is 0 Å². The van der Waals surface area contributed by atoms with Crippen molar-refractivity contribution in [3.05, 3.63) is 35.1 Å². The number of halogens is 4. The van der Waals surface area contributed by atoms with E-state index in [2.05, 4.69) is 15.9 Å². The third kappa shape index (κ3) is 3.21. The van der Waals surface area contributed by atoms with E-state index in [1.54, 1.807) is 6.92 Å². The monoisotopic (exact) mass is 309 g/mol. The molecular weight excluding hydrogens is 299 g/mol. The van der Waals surface area contributed by atoms with E-state index in [4.69, 9.17) is 0 Å². The van der Waals surface area contributed by atoms with Crippen LogP contribution in [0.3, 0.4) is 0 Å². The number of hydrogen-bond acceptors (Lipinski definition) is 1. The average molecular weight is 310 g/mol. The van der Waals surface area contributed by atoms with Gasteiger partial charge in [-0.15, -0.1) is 0 Å². The highest BCUT2D eigenvalue weighted by Gasteiger charge is 2.18. The Morgan fingerprint density at radius 1 is 1.29 bits per heavy atom. The van der Waals surface area contributed by atoms with Crippen LogP contribution in [0.25, 0.3) is 0 Å². The SMILES string of the molecule is CCN(CCBr)C(=O)c1cc(F)c(F)c(F)c1. The summed E-state index contributed by atoms with van der Waals surface area (Å²) < 4.78 is 38.6. The van der Waals surface area contributed by atoms with Gasteiger partial charge in [0.05, 0.1) is 0 Å². The van der Waals surface area contributed by atoms with E-state index in [-0.39, 0.29) is 5.56 Å². The van der Waals surface area contributed by atoms with Crippen LogP contribution in [0, 0.1) is 17.5 Å². The molecule has 0 aromatic heterocycles. The molecule has 17 heavy (non-hydrogen) atoms. The quantitative estimate of drug-likeness (QED) is 0.618. The summed E-state index contributed by atoms with van der Waals surface area (Å²) in [7, 11) is 0. The zero-order chi connectivity index (χ0) is 13.0. The highest BCUT2D eigenvalue weighted by Crippen LogP contribution is 2.15. The molecule has 0 heterocycles. The van der Waals surface area contributed by atoms with Crippen molar-refractivity contribution < 1.29 is 18.0 Å². The van der Waals surface area contributed by atoms with Gasteiger partial charge in [-0.2, -0.15) is 0 Å². The third-order valence-corrected chi connectivity index (χ3v) is 2.61. The van der Waals surface area contributed by atoms with Gasteiger partial charge in [0, 0.05) is 24.0 Å². The number of carbonyl (C=O) groups is 1. The molecule has 1 aromatic rings. The number of benzene rings is 1. The Morgan fingerprint density at radius 2 is 1.82 bits per heavy atom. The maximum atomic E-state index is 13.0. The van der Waals surface area contributed by atoms with Crippen molar-refractivity contribution >= 4 is 21.8 Å². The van der Waals surface area contributed by atoms with E-state index in [0.717, 1.165) is 0 Å². The molecule has 0 aliphatic heterocycles. The molecule has 0 N–H and O–H groups in total. The highest BCUT2D eigenvalue weighted by atomic mass is 79.9. The Kier molecular flexibility index (Phi) is 4.99. The minimum atomic E-state index is -1.56. The van der Waals surface area contributed by atoms with Crippen LogP contribution in [0.4, 0.5) is 13.2 Å². The molecule has 0 unspecified atom stereocenters. The fraction of sp³-hybridized carbons (Fsp3) is 0.364. The Morgan fingerprint density at radius 3 is 2.24 bits per heavy atom. The number of nitrogens with zero attached hydrogens (tertiary/aromatic N) is 1. The normalized spacial score (nSPS) is 10.4. The molecule has 0 aliphatic rings. The summed E-state index contributed by atoms with van der Waals surface area (Å²) in [6, 6.07) is 1.41. The molecule has 1 amide bonds. The minimum absolute atomic E-state index is 0.191. The number of rotatable bonds is 4. The Bertz CT molecular complexity index is 402. The van der Waals surface area contributed by atoms with E-state index in [9.17, 15) is 18.0 Å². The fourth-order valence-electron chi connectivity index (χ4n) is 1.37. The van der Waals surface area contributed by atoms with Gasteiger partial charge in [0.15, 0.2) is 17.5 Å². The smallest absolute Gasteiger partial charge is 0.254 e. The van der Waals surface area contributed by atoms with Gasteiger partial charge in [-0.25, -0.2) is 13.2 Å². The molecule has 0 bridgehead atoms. The molecule has 1 rings (SSSR count). The van der Waals surface area contributed by atoms with E-state index in [1.807, 2.05) is 0 Å². The summed E-state index contributed by atoms with van der Waals surface area (Å²) >= 11 is 3.17. The van der Waals surface area contributed by atoms with Crippen LogP contribution in [0.1, 0.15) is 17.3 Å². The summed E-state index contributed by atoms with van der Waals surface area (Å²) in [5.74, 6) is -4.80. The zero-order valence-corrected chi connectivity index (χ0v) is 10.7. The maximum Gasteiger partial charge on any atom is 0.254 e. The molecular formula is C11H11BrF3NO. The fourth-order valence-corrected chi connectivity index (χ4v) is 1.79. The summed E-state index contributed by atoms with van der Waals surface area (Å²) in [6.45, 7) is 2.57. The van der Waals surface area contributed by atoms with Crippen molar-refractivity contribution in [3.8, 4) is 0 Å². The number of alkyl halides is 1. The van der Waals surface area contributed by atoms with Crippen molar-refractivity contribution in [1.82, 2.24) is 4.90 Å². The molecule has 0 spiro atoms. The van der Waals surface area contributed by atoms with Crippen molar-refractivity contribution in [2.24, 2.45) is 0 Å². The first kappa shape index (κ1) is 14.0. The summed E-state index contributed by atoms with van der Waals surface area (Å²) in [5.41, 5.74) is -0.191. The molecule has 6 heteroatoms. The number of hydrogen-bond donors (Lipinski definition) is 0. The van der Waals surface area contributed by atoms with Crippen molar-refractivity contribution in [3.63, 3.8) is 0 Å². The first-order valence-electron chi connectivity index (χ1n) is 5.01. The standard InChI is InChI=1S/C11H11BrF3NO/c1-2-16(4-3-12)11(17)7-5-8(13)10(15)9(14)6-7/h5-6H,2-4H2,1H3. The molecule has 0 radical (unpaired) electrons. The van der Waals surface area contributed by atoms with Crippen molar-refractivity contribution in [2.45, 2.75) is 6.92 Å². The topological polar surface area (TPSA) is 20.3 Å². The lowest BCUT2D eigenvalue weighted by Crippen LogP contribution is -2.32. The van der Waals surface area contributed by atoms with Crippen molar-refractivity contribution in [1.29, 1.82) is 0 Å². The van der Waals surface area contributed by atoms with E-state index >= 15 is 0 Å². The molecule has 0 aliphatic carbocycles. The van der Waals surface area contributed by atoms with Crippen LogP contribution in [0.15, 0.2) is 12.1 Å². The lowest BCUT2D eigenvalue weighted by atomic mass is 10.1. The first-order chi connectivity index (χ1) is 8.01. The molecule has 0 atom stereocenters. The van der Waals surface area contributed by atoms with Gasteiger partial charge in [0.1, 0.15) is 0 Å². The van der Waals surface area contributed by atoms with Crippen molar-refractivity contribution in [2.75, 3.05) is 18.4 Å². The zero-order valence-electron chi connectivity index (χ0n) is 9.14. The summed E-state index contributed by atoms with van der Waals surface area (Å²) in [5, 5.41) is 0.554. The Labute approximate surface area is 106 Å². The molecule has 0 saturated carbocycles. The molecule has 0 saturated heterocycles. The third-order valence-electron chi connectivity index (χ3n) is 2.25. The maximum absolute atomic E-state index is 13.0. The number of amides is 1. The van der Waals surface area contributed by atoms with Crippen LogP contribution in [-0.4, -0.2) is 29.2 Å². The second-order valence-corrected chi connectivity index (χ2v) is 4.12. The molecule has 94 valence electrons. The number of carbonyl (C=O) groups excluding carboxylic acids is 1. The van der Waals surface area contributed by atoms with E-state index < -0.39 is 23.4 Å². The second kappa shape index (κ2) is 6.05. The van der Waals surface area contributed by atoms with E-state index in [0.29, 0.717) is 30.6 Å². The van der Waals surface area contributed by atoms with Gasteiger partial charge in [-0.3, -0.25) is 4.79 Å². The van der Waals surface area contributed by atoms with E-state index in [1.165, 1.54) is 4.90 Å². The summed E-state index contributed by atoms with van der Waals surface area (Å²) in [4.78, 5) is 13.2. The van der Waals surface area contributed by atoms with Crippen LogP contribution in [0.5, 0.6) is 0 Å². The van der Waals surface area contributed by atoms with Gasteiger partial charge in [0.25, 0.3) is 5.91 Å². The largest absolute Gasteiger partial charge is 0.338 e. The molecule has 2 nitrogen and oxygen atoms in total. The Hall–Kier alpha value is -1.04. The van der Waals surface area contributed by atoms with Crippen LogP contribution < -0.4 is 0 Å². The van der Waals surface area contributed by atoms with Gasteiger partial charge in [0.2, 0.25) is 0 Å². The second-order valence-electron chi connectivity index (χ2n) is 3.33. The summed E-state index contributed by atoms with van der Waals surface area (Å²) in [6.07, 6.45) is 0. The van der Waals surface area contributed by atoms with Crippen LogP contribution in [0.2, 0.25) is 0 Å². The van der Waals surface area contributed by atoms with Gasteiger partial charge >= 0.3 is 0 Å². The van der Waals surface area contributed by atoms with Gasteiger partial charge in [-0.1, -0.05) is 15.9 Å². The Balaban J connectivity index is 3.03. The first-order valence-corrected chi connectivity index (χ1v) is 6.13. The lowest BCUT2D eigenvalue weighted by molar-refractivity contribution is 0.0773. The van der Waals surface area contributed by atoms with Gasteiger partial charge < -0.3 is 4.90 Å². The van der Waals surface area contributed by atoms with Crippen LogP contribution >= 0.6 is 15.9 Å². The van der Waals surface area contributed by atoms with Gasteiger partial charge in [-0.05, 0) is 19.1 Å². The molecule has 1 aromatic carbocycles. The lowest BCUT2D eigenvalue weighted by Gasteiger charge is -2.19. The highest BCUT2D eigenvalue weighted by molar-refractivity contribution is 9.09. The molecule has 0 fully saturated rings. The predicted molar refractivity (Wildman–Crippen MR) is 61.7 cm³/mol. The predicted octanol–water partition coefficient (Wildman–Crippen LogP) is 2.96. The minimum Gasteiger partial charge on any atom is -0.338 e.